The standard InChI is InChI=1S/C13H14O5/c1-16-12(14)8-5-10-3-6-11(7-4-10)18-9-13(15)17-2/h3-8H,9H2,1-2H3. The Morgan fingerprint density at radius 3 is 2.33 bits per heavy atom. The molecule has 1 aromatic rings. The monoisotopic (exact) mass is 250 g/mol. The smallest absolute Gasteiger partial charge is 0.343 e. The van der Waals surface area contributed by atoms with Gasteiger partial charge in [0.25, 0.3) is 0 Å². The van der Waals surface area contributed by atoms with Gasteiger partial charge in [-0.3, -0.25) is 0 Å². The van der Waals surface area contributed by atoms with Gasteiger partial charge in [0.2, 0.25) is 0 Å². The van der Waals surface area contributed by atoms with E-state index in [9.17, 15) is 9.59 Å². The SMILES string of the molecule is COC(=O)C=Cc1ccc(OCC(=O)OC)cc1. The van der Waals surface area contributed by atoms with E-state index in [2.05, 4.69) is 9.47 Å². The first-order valence-electron chi connectivity index (χ1n) is 5.21. The number of benzene rings is 1. The Balaban J connectivity index is 2.55. The quantitative estimate of drug-likeness (QED) is 0.584. The second-order valence-electron chi connectivity index (χ2n) is 3.29. The van der Waals surface area contributed by atoms with Crippen LogP contribution < -0.4 is 4.74 Å². The number of carbonyl (C=O) groups is 2. The molecule has 0 aromatic heterocycles. The van der Waals surface area contributed by atoms with E-state index in [1.54, 1.807) is 30.3 Å². The van der Waals surface area contributed by atoms with Crippen LogP contribution in [0, 0.1) is 0 Å². The van der Waals surface area contributed by atoms with Crippen molar-refractivity contribution in [1.82, 2.24) is 0 Å². The van der Waals surface area contributed by atoms with Gasteiger partial charge in [-0.05, 0) is 23.8 Å². The highest BCUT2D eigenvalue weighted by Gasteiger charge is 2.01. The van der Waals surface area contributed by atoms with Crippen molar-refractivity contribution in [2.75, 3.05) is 20.8 Å². The molecule has 0 saturated carbocycles. The third kappa shape index (κ3) is 4.69. The summed E-state index contributed by atoms with van der Waals surface area (Å²) < 4.78 is 14.1. The molecule has 0 atom stereocenters. The fourth-order valence-electron chi connectivity index (χ4n) is 1.11. The zero-order valence-corrected chi connectivity index (χ0v) is 10.2. The van der Waals surface area contributed by atoms with Gasteiger partial charge in [0.05, 0.1) is 14.2 Å². The first-order valence-corrected chi connectivity index (χ1v) is 5.21. The molecule has 0 amide bonds. The summed E-state index contributed by atoms with van der Waals surface area (Å²) in [5.74, 6) is -0.304. The lowest BCUT2D eigenvalue weighted by molar-refractivity contribution is -0.143. The van der Waals surface area contributed by atoms with Crippen molar-refractivity contribution in [1.29, 1.82) is 0 Å². The molecule has 0 saturated heterocycles. The van der Waals surface area contributed by atoms with Gasteiger partial charge in [0, 0.05) is 6.08 Å². The van der Waals surface area contributed by atoms with Crippen LogP contribution in [-0.2, 0) is 19.1 Å². The highest BCUT2D eigenvalue weighted by Crippen LogP contribution is 2.13. The summed E-state index contributed by atoms with van der Waals surface area (Å²) in [7, 11) is 2.61. The number of hydrogen-bond donors (Lipinski definition) is 0. The first kappa shape index (κ1) is 13.8. The van der Waals surface area contributed by atoms with Crippen LogP contribution in [0.3, 0.4) is 0 Å². The minimum atomic E-state index is -0.440. The van der Waals surface area contributed by atoms with E-state index >= 15 is 0 Å². The van der Waals surface area contributed by atoms with Crippen molar-refractivity contribution in [3.63, 3.8) is 0 Å². The van der Waals surface area contributed by atoms with Gasteiger partial charge >= 0.3 is 11.9 Å². The number of carbonyl (C=O) groups excluding carboxylic acids is 2. The van der Waals surface area contributed by atoms with E-state index in [0.29, 0.717) is 5.75 Å². The van der Waals surface area contributed by atoms with Crippen molar-refractivity contribution >= 4 is 18.0 Å². The Kier molecular flexibility index (Phi) is 5.44. The molecule has 1 aromatic carbocycles. The lowest BCUT2D eigenvalue weighted by atomic mass is 10.2. The van der Waals surface area contributed by atoms with Crippen molar-refractivity contribution < 1.29 is 23.8 Å². The predicted octanol–water partition coefficient (Wildman–Crippen LogP) is 1.42. The highest BCUT2D eigenvalue weighted by atomic mass is 16.6. The fraction of sp³-hybridized carbons (Fsp3) is 0.231. The van der Waals surface area contributed by atoms with E-state index in [-0.39, 0.29) is 6.61 Å². The third-order valence-corrected chi connectivity index (χ3v) is 2.08. The van der Waals surface area contributed by atoms with E-state index in [0.717, 1.165) is 5.56 Å². The lowest BCUT2D eigenvalue weighted by Crippen LogP contribution is -2.12. The molecule has 0 aliphatic rings. The van der Waals surface area contributed by atoms with Gasteiger partial charge in [-0.15, -0.1) is 0 Å². The van der Waals surface area contributed by atoms with Gasteiger partial charge in [0.1, 0.15) is 5.75 Å². The maximum Gasteiger partial charge on any atom is 0.343 e. The average Bonchev–Trinajstić information content (AvgIpc) is 2.43. The molecular formula is C13H14O5. The summed E-state index contributed by atoms with van der Waals surface area (Å²) in [6.45, 7) is -0.131. The second-order valence-corrected chi connectivity index (χ2v) is 3.29. The minimum absolute atomic E-state index is 0.131. The first-order chi connectivity index (χ1) is 8.65. The molecule has 5 heteroatoms. The number of methoxy groups -OCH3 is 2. The van der Waals surface area contributed by atoms with Crippen LogP contribution in [0.25, 0.3) is 6.08 Å². The maximum atomic E-state index is 10.9. The Bertz CT molecular complexity index is 433. The second kappa shape index (κ2) is 7.11. The van der Waals surface area contributed by atoms with Gasteiger partial charge in [-0.1, -0.05) is 12.1 Å². The van der Waals surface area contributed by atoms with Crippen LogP contribution in [-0.4, -0.2) is 32.8 Å². The zero-order chi connectivity index (χ0) is 13.4. The molecule has 0 N–H and O–H groups in total. The molecule has 1 rings (SSSR count). The summed E-state index contributed by atoms with van der Waals surface area (Å²) in [4.78, 5) is 21.7. The molecule has 0 radical (unpaired) electrons. The van der Waals surface area contributed by atoms with Crippen LogP contribution in [0.15, 0.2) is 30.3 Å². The summed E-state index contributed by atoms with van der Waals surface area (Å²) in [5, 5.41) is 0. The molecule has 0 fully saturated rings. The van der Waals surface area contributed by atoms with E-state index in [4.69, 9.17) is 4.74 Å². The molecular weight excluding hydrogens is 236 g/mol. The summed E-state index contributed by atoms with van der Waals surface area (Å²) in [6.07, 6.45) is 2.94. The molecule has 0 heterocycles. The number of esters is 2. The average molecular weight is 250 g/mol. The maximum absolute atomic E-state index is 10.9. The zero-order valence-electron chi connectivity index (χ0n) is 10.2. The Morgan fingerprint density at radius 2 is 1.78 bits per heavy atom. The van der Waals surface area contributed by atoms with Crippen molar-refractivity contribution in [2.45, 2.75) is 0 Å². The lowest BCUT2D eigenvalue weighted by Gasteiger charge is -2.04. The fourth-order valence-corrected chi connectivity index (χ4v) is 1.11. The van der Waals surface area contributed by atoms with E-state index in [1.807, 2.05) is 0 Å². The highest BCUT2D eigenvalue weighted by molar-refractivity contribution is 5.86. The van der Waals surface area contributed by atoms with Crippen molar-refractivity contribution in [2.24, 2.45) is 0 Å². The van der Waals surface area contributed by atoms with Gasteiger partial charge in [-0.25, -0.2) is 9.59 Å². The van der Waals surface area contributed by atoms with Gasteiger partial charge in [0.15, 0.2) is 6.61 Å². The van der Waals surface area contributed by atoms with Crippen molar-refractivity contribution in [3.8, 4) is 5.75 Å². The van der Waals surface area contributed by atoms with Crippen LogP contribution in [0.4, 0.5) is 0 Å². The normalized spacial score (nSPS) is 10.1. The molecule has 18 heavy (non-hydrogen) atoms. The Morgan fingerprint density at radius 1 is 1.11 bits per heavy atom. The van der Waals surface area contributed by atoms with Crippen LogP contribution in [0.5, 0.6) is 5.75 Å². The largest absolute Gasteiger partial charge is 0.482 e. The topological polar surface area (TPSA) is 61.8 Å². The molecule has 96 valence electrons. The van der Waals surface area contributed by atoms with Crippen LogP contribution >= 0.6 is 0 Å². The molecule has 0 aliphatic heterocycles. The minimum Gasteiger partial charge on any atom is -0.482 e. The number of rotatable bonds is 5. The summed E-state index contributed by atoms with van der Waals surface area (Å²) in [5.41, 5.74) is 0.825. The number of ether oxygens (including phenoxy) is 3. The predicted molar refractivity (Wildman–Crippen MR) is 65.0 cm³/mol. The van der Waals surface area contributed by atoms with Gasteiger partial charge in [-0.2, -0.15) is 0 Å². The van der Waals surface area contributed by atoms with Crippen molar-refractivity contribution in [3.05, 3.63) is 35.9 Å². The Hall–Kier alpha value is -2.30. The molecule has 0 aliphatic carbocycles. The summed E-state index contributed by atoms with van der Waals surface area (Å²) in [6, 6.07) is 6.90. The van der Waals surface area contributed by atoms with Gasteiger partial charge < -0.3 is 14.2 Å². The van der Waals surface area contributed by atoms with E-state index in [1.165, 1.54) is 20.3 Å². The molecule has 0 unspecified atom stereocenters. The number of hydrogen-bond acceptors (Lipinski definition) is 5. The van der Waals surface area contributed by atoms with Crippen LogP contribution in [0.2, 0.25) is 0 Å². The van der Waals surface area contributed by atoms with E-state index < -0.39 is 11.9 Å². The third-order valence-electron chi connectivity index (χ3n) is 2.08. The molecule has 0 bridgehead atoms. The molecule has 5 nitrogen and oxygen atoms in total. The molecule has 0 spiro atoms. The van der Waals surface area contributed by atoms with Crippen LogP contribution in [0.1, 0.15) is 5.56 Å². The Labute approximate surface area is 105 Å². The summed E-state index contributed by atoms with van der Waals surface area (Å²) >= 11 is 0.